The Morgan fingerprint density at radius 1 is 1.33 bits per heavy atom. The van der Waals surface area contributed by atoms with Crippen LogP contribution in [0.5, 0.6) is 0 Å². The van der Waals surface area contributed by atoms with Gasteiger partial charge in [-0.15, -0.1) is 0 Å². The number of aromatic nitrogens is 4. The molecule has 1 N–H and O–H groups in total. The molecule has 7 heteroatoms. The fraction of sp³-hybridized carbons (Fsp3) is 0.176. The van der Waals surface area contributed by atoms with Crippen molar-refractivity contribution in [1.82, 2.24) is 19.5 Å². The lowest BCUT2D eigenvalue weighted by Crippen LogP contribution is -2.01. The first-order chi connectivity index (χ1) is 11.7. The highest BCUT2D eigenvalue weighted by Crippen LogP contribution is 2.21. The van der Waals surface area contributed by atoms with Crippen LogP contribution in [0.4, 0.5) is 5.69 Å². The lowest BCUT2D eigenvalue weighted by atomic mass is 10.2. The molecule has 0 bridgehead atoms. The third-order valence-corrected chi connectivity index (χ3v) is 3.56. The van der Waals surface area contributed by atoms with E-state index in [1.165, 1.54) is 6.33 Å². The number of ether oxygens (including phenoxy) is 1. The molecule has 7 nitrogen and oxygen atoms in total. The molecular weight excluding hydrogens is 304 g/mol. The highest BCUT2D eigenvalue weighted by Gasteiger charge is 2.13. The number of nitrogens with one attached hydrogen (secondary N) is 1. The molecule has 0 fully saturated rings. The largest absolute Gasteiger partial charge is 0.364 e. The van der Waals surface area contributed by atoms with Gasteiger partial charge in [-0.05, 0) is 18.6 Å². The molecule has 0 radical (unpaired) electrons. The normalized spacial score (nSPS) is 11.5. The third-order valence-electron chi connectivity index (χ3n) is 3.56. The second-order valence-corrected chi connectivity index (χ2v) is 5.16. The fourth-order valence-corrected chi connectivity index (χ4v) is 2.35. The Morgan fingerprint density at radius 2 is 2.17 bits per heavy atom. The van der Waals surface area contributed by atoms with Gasteiger partial charge in [-0.1, -0.05) is 18.2 Å². The topological polar surface area (TPSA) is 88.7 Å². The molecule has 0 saturated carbocycles. The van der Waals surface area contributed by atoms with Gasteiger partial charge in [-0.2, -0.15) is 5.26 Å². The summed E-state index contributed by atoms with van der Waals surface area (Å²) in [5, 5.41) is 12.7. The smallest absolute Gasteiger partial charge is 0.165 e. The summed E-state index contributed by atoms with van der Waals surface area (Å²) in [6, 6.07) is 10.0. The van der Waals surface area contributed by atoms with Crippen molar-refractivity contribution >= 4 is 22.4 Å². The van der Waals surface area contributed by atoms with Crippen molar-refractivity contribution < 1.29 is 4.74 Å². The van der Waals surface area contributed by atoms with Gasteiger partial charge in [-0.3, -0.25) is 4.57 Å². The molecule has 0 atom stereocenters. The van der Waals surface area contributed by atoms with Crippen LogP contribution in [0.3, 0.4) is 0 Å². The predicted molar refractivity (Wildman–Crippen MR) is 90.7 cm³/mol. The molecule has 0 aliphatic carbocycles. The van der Waals surface area contributed by atoms with Crippen molar-refractivity contribution in [3.05, 3.63) is 54.4 Å². The Kier molecular flexibility index (Phi) is 4.50. The number of fused-ring (bicyclic) bond motifs is 1. The summed E-state index contributed by atoms with van der Waals surface area (Å²) in [4.78, 5) is 12.8. The van der Waals surface area contributed by atoms with E-state index < -0.39 is 0 Å². The van der Waals surface area contributed by atoms with Gasteiger partial charge in [-0.25, -0.2) is 15.0 Å². The Bertz CT molecular complexity index is 938. The summed E-state index contributed by atoms with van der Waals surface area (Å²) in [5.74, 6) is 0. The molecule has 24 heavy (non-hydrogen) atoms. The van der Waals surface area contributed by atoms with E-state index in [0.717, 1.165) is 11.3 Å². The summed E-state index contributed by atoms with van der Waals surface area (Å²) in [5.41, 5.74) is 4.07. The molecule has 3 rings (SSSR count). The van der Waals surface area contributed by atoms with Crippen LogP contribution >= 0.6 is 0 Å². The fourth-order valence-electron chi connectivity index (χ4n) is 2.35. The Morgan fingerprint density at radius 3 is 2.92 bits per heavy atom. The van der Waals surface area contributed by atoms with E-state index in [9.17, 15) is 5.26 Å². The van der Waals surface area contributed by atoms with Crippen LogP contribution < -0.4 is 5.32 Å². The molecule has 0 aliphatic rings. The monoisotopic (exact) mass is 320 g/mol. The number of anilines is 1. The first kappa shape index (κ1) is 15.6. The summed E-state index contributed by atoms with van der Waals surface area (Å²) in [6.45, 7) is 2.33. The summed E-state index contributed by atoms with van der Waals surface area (Å²) in [7, 11) is 1.60. The maximum atomic E-state index is 9.52. The van der Waals surface area contributed by atoms with E-state index in [1.807, 2.05) is 31.2 Å². The number of benzene rings is 1. The number of rotatable bonds is 5. The molecule has 0 spiro atoms. The second kappa shape index (κ2) is 6.89. The van der Waals surface area contributed by atoms with Gasteiger partial charge in [0.2, 0.25) is 0 Å². The molecular formula is C17H16N6O. The zero-order valence-corrected chi connectivity index (χ0v) is 13.4. The summed E-state index contributed by atoms with van der Waals surface area (Å²) < 4.78 is 6.86. The highest BCUT2D eigenvalue weighted by atomic mass is 16.5. The number of methoxy groups -OCH3 is 1. The van der Waals surface area contributed by atoms with Gasteiger partial charge in [0.15, 0.2) is 5.65 Å². The average molecular weight is 320 g/mol. The number of hydrogen-bond donors (Lipinski definition) is 1. The van der Waals surface area contributed by atoms with Crippen LogP contribution in [0.2, 0.25) is 0 Å². The van der Waals surface area contributed by atoms with Gasteiger partial charge in [0.25, 0.3) is 0 Å². The molecule has 0 amide bonds. The second-order valence-electron chi connectivity index (χ2n) is 5.16. The van der Waals surface area contributed by atoms with Crippen LogP contribution in [0.15, 0.2) is 43.1 Å². The van der Waals surface area contributed by atoms with Crippen molar-refractivity contribution in [2.75, 3.05) is 12.4 Å². The lowest BCUT2D eigenvalue weighted by Gasteiger charge is -2.06. The minimum absolute atomic E-state index is 0.333. The van der Waals surface area contributed by atoms with Crippen molar-refractivity contribution in [2.24, 2.45) is 0 Å². The molecule has 1 aromatic carbocycles. The van der Waals surface area contributed by atoms with E-state index in [-0.39, 0.29) is 0 Å². The van der Waals surface area contributed by atoms with Crippen molar-refractivity contribution in [3.63, 3.8) is 0 Å². The Labute approximate surface area is 139 Å². The molecule has 0 unspecified atom stereocenters. The molecule has 0 saturated heterocycles. The van der Waals surface area contributed by atoms with Crippen LogP contribution in [0.1, 0.15) is 11.3 Å². The zero-order valence-electron chi connectivity index (χ0n) is 13.4. The van der Waals surface area contributed by atoms with E-state index in [4.69, 9.17) is 4.74 Å². The standard InChI is InChI=1S/C17H16N6O/c1-12-5-3-4-6-14(12)19-8-13(7-18)15-16-17(21-9-20-15)23(10-22-16)11-24-2/h3-6,8-10,19H,11H2,1-2H3/b13-8+. The SMILES string of the molecule is COCn1cnc2c(/C(C#N)=C/Nc3ccccc3C)ncnc21. The molecule has 0 aliphatic heterocycles. The average Bonchev–Trinajstić information content (AvgIpc) is 3.01. The van der Waals surface area contributed by atoms with Gasteiger partial charge >= 0.3 is 0 Å². The predicted octanol–water partition coefficient (Wildman–Crippen LogP) is 2.72. The van der Waals surface area contributed by atoms with E-state index >= 15 is 0 Å². The molecule has 2 aromatic heterocycles. The van der Waals surface area contributed by atoms with Gasteiger partial charge in [0.1, 0.15) is 30.3 Å². The van der Waals surface area contributed by atoms with Crippen LogP contribution in [-0.2, 0) is 11.5 Å². The Balaban J connectivity index is 2.00. The minimum Gasteiger partial charge on any atom is -0.364 e. The highest BCUT2D eigenvalue weighted by molar-refractivity contribution is 5.90. The van der Waals surface area contributed by atoms with Crippen LogP contribution in [0, 0.1) is 18.3 Å². The molecule has 2 heterocycles. The third kappa shape index (κ3) is 2.95. The summed E-state index contributed by atoms with van der Waals surface area (Å²) in [6.07, 6.45) is 4.68. The number of hydrogen-bond acceptors (Lipinski definition) is 6. The first-order valence-electron chi connectivity index (χ1n) is 7.32. The van der Waals surface area contributed by atoms with Crippen molar-refractivity contribution in [1.29, 1.82) is 5.26 Å². The van der Waals surface area contributed by atoms with Crippen molar-refractivity contribution in [2.45, 2.75) is 13.7 Å². The number of nitrogens with zero attached hydrogens (tertiary/aromatic N) is 5. The first-order valence-corrected chi connectivity index (χ1v) is 7.32. The molecule has 120 valence electrons. The van der Waals surface area contributed by atoms with Crippen LogP contribution in [-0.4, -0.2) is 26.6 Å². The van der Waals surface area contributed by atoms with Gasteiger partial charge in [0.05, 0.1) is 11.9 Å². The summed E-state index contributed by atoms with van der Waals surface area (Å²) >= 11 is 0. The van der Waals surface area contributed by atoms with E-state index in [1.54, 1.807) is 24.2 Å². The number of imidazole rings is 1. The van der Waals surface area contributed by atoms with Crippen LogP contribution in [0.25, 0.3) is 16.7 Å². The minimum atomic E-state index is 0.333. The zero-order chi connectivity index (χ0) is 16.9. The van der Waals surface area contributed by atoms with Crippen molar-refractivity contribution in [3.8, 4) is 6.07 Å². The number of nitriles is 1. The number of allylic oxidation sites excluding steroid dienone is 1. The van der Waals surface area contributed by atoms with E-state index in [0.29, 0.717) is 29.2 Å². The maximum absolute atomic E-state index is 9.52. The van der Waals surface area contributed by atoms with E-state index in [2.05, 4.69) is 26.3 Å². The lowest BCUT2D eigenvalue weighted by molar-refractivity contribution is 0.134. The molecule has 3 aromatic rings. The van der Waals surface area contributed by atoms with Gasteiger partial charge in [0, 0.05) is 19.0 Å². The quantitative estimate of drug-likeness (QED) is 0.727. The Hall–Kier alpha value is -3.24. The maximum Gasteiger partial charge on any atom is 0.165 e. The number of aryl methyl sites for hydroxylation is 1. The number of para-hydroxylation sites is 1. The van der Waals surface area contributed by atoms with Gasteiger partial charge < -0.3 is 10.1 Å².